The molecule has 1 heterocycles. The lowest BCUT2D eigenvalue weighted by atomic mass is 10.2. The molecular weight excluding hydrogens is 170 g/mol. The third-order valence-electron chi connectivity index (χ3n) is 1.95. The molecule has 4 nitrogen and oxygen atoms in total. The predicted octanol–water partition coefficient (Wildman–Crippen LogP) is 1.11. The first-order valence-electron chi connectivity index (χ1n) is 3.80. The van der Waals surface area contributed by atoms with Crippen molar-refractivity contribution < 1.29 is 15.1 Å². The Labute approximate surface area is 74.6 Å². The summed E-state index contributed by atoms with van der Waals surface area (Å²) in [5, 5.41) is 19.3. The van der Waals surface area contributed by atoms with Crippen molar-refractivity contribution in [1.82, 2.24) is 4.73 Å². The highest BCUT2D eigenvalue weighted by molar-refractivity contribution is 5.83. The van der Waals surface area contributed by atoms with Gasteiger partial charge in [0.1, 0.15) is 7.11 Å². The molecule has 0 aliphatic heterocycles. The maximum absolute atomic E-state index is 9.24. The van der Waals surface area contributed by atoms with Crippen LogP contribution in [0.25, 0.3) is 10.9 Å². The van der Waals surface area contributed by atoms with E-state index in [9.17, 15) is 10.2 Å². The lowest BCUT2D eigenvalue weighted by Crippen LogP contribution is -2.02. The summed E-state index contributed by atoms with van der Waals surface area (Å²) >= 11 is 0. The van der Waals surface area contributed by atoms with Gasteiger partial charge < -0.3 is 15.1 Å². The number of rotatable bonds is 1. The third-order valence-corrected chi connectivity index (χ3v) is 1.95. The van der Waals surface area contributed by atoms with Gasteiger partial charge in [-0.1, -0.05) is 0 Å². The first-order chi connectivity index (χ1) is 6.22. The Balaban J connectivity index is 2.77. The minimum atomic E-state index is -0.149. The number of phenolic OH excluding ortho intramolecular Hbond substituents is 2. The smallest absolute Gasteiger partial charge is 0.159 e. The van der Waals surface area contributed by atoms with E-state index in [-0.39, 0.29) is 11.5 Å². The molecule has 0 spiro atoms. The number of nitrogens with zero attached hydrogens (tertiary/aromatic N) is 1. The van der Waals surface area contributed by atoms with Crippen LogP contribution in [0.2, 0.25) is 0 Å². The first-order valence-corrected chi connectivity index (χ1v) is 3.80. The van der Waals surface area contributed by atoms with Gasteiger partial charge >= 0.3 is 0 Å². The maximum atomic E-state index is 9.24. The molecule has 0 aliphatic carbocycles. The molecule has 1 aromatic carbocycles. The summed E-state index contributed by atoms with van der Waals surface area (Å²) in [5.41, 5.74) is 0.720. The van der Waals surface area contributed by atoms with Crippen LogP contribution in [0.5, 0.6) is 11.5 Å². The van der Waals surface area contributed by atoms with Crippen LogP contribution in [0.4, 0.5) is 0 Å². The standard InChI is InChI=1S/C9H9NO3/c1-13-10-3-2-6-4-8(11)9(12)5-7(6)10/h2-5,11-12H,1H3. The highest BCUT2D eigenvalue weighted by atomic mass is 16.6. The van der Waals surface area contributed by atoms with Crippen molar-refractivity contribution in [2.75, 3.05) is 7.11 Å². The molecule has 0 radical (unpaired) electrons. The van der Waals surface area contributed by atoms with Gasteiger partial charge in [0, 0.05) is 17.6 Å². The molecule has 0 fully saturated rings. The van der Waals surface area contributed by atoms with Crippen molar-refractivity contribution in [3.05, 3.63) is 24.4 Å². The lowest BCUT2D eigenvalue weighted by Gasteiger charge is -2.02. The van der Waals surface area contributed by atoms with E-state index in [2.05, 4.69) is 0 Å². The number of aromatic hydroxyl groups is 2. The van der Waals surface area contributed by atoms with Crippen molar-refractivity contribution >= 4 is 10.9 Å². The van der Waals surface area contributed by atoms with Gasteiger partial charge in [-0.05, 0) is 12.1 Å². The van der Waals surface area contributed by atoms with Crippen molar-refractivity contribution in [2.45, 2.75) is 0 Å². The number of aromatic nitrogens is 1. The fourth-order valence-electron chi connectivity index (χ4n) is 1.29. The molecule has 0 unspecified atom stereocenters. The van der Waals surface area contributed by atoms with Crippen LogP contribution in [0, 0.1) is 0 Å². The highest BCUT2D eigenvalue weighted by Gasteiger charge is 2.05. The summed E-state index contributed by atoms with van der Waals surface area (Å²) in [6.07, 6.45) is 1.71. The van der Waals surface area contributed by atoms with Gasteiger partial charge in [0.15, 0.2) is 11.5 Å². The van der Waals surface area contributed by atoms with E-state index < -0.39 is 0 Å². The Bertz CT molecular complexity index is 447. The van der Waals surface area contributed by atoms with Gasteiger partial charge in [0.05, 0.1) is 5.52 Å². The zero-order valence-corrected chi connectivity index (χ0v) is 7.06. The first kappa shape index (κ1) is 7.79. The number of phenols is 2. The normalized spacial score (nSPS) is 10.5. The van der Waals surface area contributed by atoms with E-state index in [4.69, 9.17) is 4.84 Å². The van der Waals surface area contributed by atoms with E-state index in [1.54, 1.807) is 12.3 Å². The zero-order valence-electron chi connectivity index (χ0n) is 7.06. The third kappa shape index (κ3) is 1.07. The van der Waals surface area contributed by atoms with Gasteiger partial charge in [-0.15, -0.1) is 0 Å². The molecule has 2 N–H and O–H groups in total. The number of hydrogen-bond donors (Lipinski definition) is 2. The molecule has 4 heteroatoms. The summed E-state index contributed by atoms with van der Waals surface area (Å²) in [5.74, 6) is -0.272. The van der Waals surface area contributed by atoms with Gasteiger partial charge in [-0.25, -0.2) is 0 Å². The second-order valence-electron chi connectivity index (χ2n) is 2.72. The minimum absolute atomic E-state index is 0.124. The van der Waals surface area contributed by atoms with Crippen LogP contribution in [0.3, 0.4) is 0 Å². The second kappa shape index (κ2) is 2.58. The highest BCUT2D eigenvalue weighted by Crippen LogP contribution is 2.30. The van der Waals surface area contributed by atoms with Gasteiger partial charge in [-0.3, -0.25) is 0 Å². The van der Waals surface area contributed by atoms with E-state index >= 15 is 0 Å². The fraction of sp³-hybridized carbons (Fsp3) is 0.111. The molecule has 0 aliphatic rings. The van der Waals surface area contributed by atoms with Crippen LogP contribution in [-0.4, -0.2) is 22.1 Å². The van der Waals surface area contributed by atoms with Crippen LogP contribution in [0.15, 0.2) is 24.4 Å². The fourth-order valence-corrected chi connectivity index (χ4v) is 1.29. The van der Waals surface area contributed by atoms with Crippen LogP contribution >= 0.6 is 0 Å². The average Bonchev–Trinajstić information content (AvgIpc) is 2.48. The van der Waals surface area contributed by atoms with Crippen molar-refractivity contribution in [1.29, 1.82) is 0 Å². The quantitative estimate of drug-likeness (QED) is 0.645. The molecule has 0 atom stereocenters. The monoisotopic (exact) mass is 179 g/mol. The van der Waals surface area contributed by atoms with E-state index in [0.29, 0.717) is 0 Å². The summed E-state index contributed by atoms with van der Waals surface area (Å²) in [6.45, 7) is 0. The van der Waals surface area contributed by atoms with Crippen LogP contribution in [-0.2, 0) is 0 Å². The molecule has 0 amide bonds. The Morgan fingerprint density at radius 3 is 2.62 bits per heavy atom. The summed E-state index contributed by atoms with van der Waals surface area (Å²) in [4.78, 5) is 4.99. The molecule has 0 saturated carbocycles. The minimum Gasteiger partial charge on any atom is -0.504 e. The molecule has 1 aromatic heterocycles. The van der Waals surface area contributed by atoms with E-state index in [1.165, 1.54) is 24.0 Å². The molecule has 0 saturated heterocycles. The average molecular weight is 179 g/mol. The molecule has 2 aromatic rings. The van der Waals surface area contributed by atoms with Gasteiger partial charge in [-0.2, -0.15) is 4.73 Å². The Hall–Kier alpha value is -1.84. The molecule has 2 rings (SSSR count). The summed E-state index contributed by atoms with van der Waals surface area (Å²) in [6, 6.07) is 4.73. The summed E-state index contributed by atoms with van der Waals surface area (Å²) < 4.78 is 1.51. The lowest BCUT2D eigenvalue weighted by molar-refractivity contribution is 0.179. The van der Waals surface area contributed by atoms with Gasteiger partial charge in [0.2, 0.25) is 0 Å². The Morgan fingerprint density at radius 1 is 1.23 bits per heavy atom. The number of fused-ring (bicyclic) bond motifs is 1. The summed E-state index contributed by atoms with van der Waals surface area (Å²) in [7, 11) is 1.53. The van der Waals surface area contributed by atoms with Crippen molar-refractivity contribution in [3.63, 3.8) is 0 Å². The van der Waals surface area contributed by atoms with Crippen molar-refractivity contribution in [3.8, 4) is 11.5 Å². The topological polar surface area (TPSA) is 54.6 Å². The zero-order chi connectivity index (χ0) is 9.42. The van der Waals surface area contributed by atoms with E-state index in [0.717, 1.165) is 10.9 Å². The molecule has 13 heavy (non-hydrogen) atoms. The molecular formula is C9H9NO3. The number of benzene rings is 1. The molecule has 0 bridgehead atoms. The number of hydrogen-bond acceptors (Lipinski definition) is 3. The van der Waals surface area contributed by atoms with Crippen LogP contribution in [0.1, 0.15) is 0 Å². The maximum Gasteiger partial charge on any atom is 0.159 e. The predicted molar refractivity (Wildman–Crippen MR) is 47.8 cm³/mol. The van der Waals surface area contributed by atoms with E-state index in [1.807, 2.05) is 0 Å². The SMILES string of the molecule is COn1ccc2cc(O)c(O)cc21. The van der Waals surface area contributed by atoms with Crippen LogP contribution < -0.4 is 4.84 Å². The molecule has 68 valence electrons. The Morgan fingerprint density at radius 2 is 1.92 bits per heavy atom. The van der Waals surface area contributed by atoms with Crippen molar-refractivity contribution in [2.24, 2.45) is 0 Å². The van der Waals surface area contributed by atoms with Gasteiger partial charge in [0.25, 0.3) is 0 Å². The largest absolute Gasteiger partial charge is 0.504 e. The second-order valence-corrected chi connectivity index (χ2v) is 2.72. The Kier molecular flexibility index (Phi) is 1.55.